The van der Waals surface area contributed by atoms with Crippen molar-refractivity contribution in [1.29, 1.82) is 0 Å². The molecule has 0 aliphatic carbocycles. The fraction of sp³-hybridized carbons (Fsp3) is 0.286. The Morgan fingerprint density at radius 2 is 1.47 bits per heavy atom. The molecular weight excluding hydrogens is 535 g/mol. The summed E-state index contributed by atoms with van der Waals surface area (Å²) in [6, 6.07) is 29.6. The maximum absolute atomic E-state index is 11.8. The number of hydrogen-bond acceptors (Lipinski definition) is 2. The number of carbonyl (C=O) groups is 1. The minimum atomic E-state index is 0. The first kappa shape index (κ1) is 25.7. The molecule has 6 heteroatoms. The predicted octanol–water partition coefficient (Wildman–Crippen LogP) is 4.92. The average Bonchev–Trinajstić information content (AvgIpc) is 3.27. The SMILES string of the molecule is CN=C(NCc1ccc(CN2CCCC2=O)cc1)NCC(c1ccccc1)c1ccccc1.I. The van der Waals surface area contributed by atoms with Gasteiger partial charge in [0.05, 0.1) is 0 Å². The lowest BCUT2D eigenvalue weighted by Crippen LogP contribution is -2.39. The van der Waals surface area contributed by atoms with Crippen LogP contribution in [0.2, 0.25) is 0 Å². The van der Waals surface area contributed by atoms with Gasteiger partial charge < -0.3 is 15.5 Å². The van der Waals surface area contributed by atoms with Crippen LogP contribution >= 0.6 is 24.0 Å². The Bertz CT molecular complexity index is 1020. The fourth-order valence-electron chi connectivity index (χ4n) is 4.26. The molecule has 3 aromatic carbocycles. The normalized spacial score (nSPS) is 13.6. The predicted molar refractivity (Wildman–Crippen MR) is 149 cm³/mol. The number of carbonyl (C=O) groups excluding carboxylic acids is 1. The van der Waals surface area contributed by atoms with Crippen molar-refractivity contribution in [1.82, 2.24) is 15.5 Å². The van der Waals surface area contributed by atoms with Crippen molar-refractivity contribution < 1.29 is 4.79 Å². The van der Waals surface area contributed by atoms with Crippen LogP contribution < -0.4 is 10.6 Å². The van der Waals surface area contributed by atoms with Crippen LogP contribution in [0.15, 0.2) is 89.9 Å². The van der Waals surface area contributed by atoms with Crippen molar-refractivity contribution in [2.75, 3.05) is 20.1 Å². The number of amides is 1. The lowest BCUT2D eigenvalue weighted by atomic mass is 9.91. The summed E-state index contributed by atoms with van der Waals surface area (Å²) in [6.45, 7) is 3.01. The molecule has 2 N–H and O–H groups in total. The molecule has 0 unspecified atom stereocenters. The van der Waals surface area contributed by atoms with Gasteiger partial charge >= 0.3 is 0 Å². The molecule has 1 amide bonds. The number of likely N-dealkylation sites (tertiary alicyclic amines) is 1. The van der Waals surface area contributed by atoms with Crippen molar-refractivity contribution in [3.63, 3.8) is 0 Å². The highest BCUT2D eigenvalue weighted by Crippen LogP contribution is 2.23. The molecular formula is C28H33IN4O. The van der Waals surface area contributed by atoms with Crippen LogP contribution in [-0.2, 0) is 17.9 Å². The first-order chi connectivity index (χ1) is 16.2. The van der Waals surface area contributed by atoms with E-state index < -0.39 is 0 Å². The second-order valence-corrected chi connectivity index (χ2v) is 8.42. The number of rotatable bonds is 8. The summed E-state index contributed by atoms with van der Waals surface area (Å²) in [4.78, 5) is 18.2. The molecule has 0 radical (unpaired) electrons. The van der Waals surface area contributed by atoms with Crippen molar-refractivity contribution in [3.05, 3.63) is 107 Å². The van der Waals surface area contributed by atoms with Gasteiger partial charge in [0, 0.05) is 45.6 Å². The Morgan fingerprint density at radius 3 is 2.00 bits per heavy atom. The molecule has 1 heterocycles. The van der Waals surface area contributed by atoms with E-state index in [0.29, 0.717) is 19.5 Å². The van der Waals surface area contributed by atoms with Crippen molar-refractivity contribution in [2.45, 2.75) is 31.8 Å². The zero-order chi connectivity index (χ0) is 22.9. The van der Waals surface area contributed by atoms with E-state index in [2.05, 4.69) is 88.4 Å². The van der Waals surface area contributed by atoms with Gasteiger partial charge in [-0.25, -0.2) is 0 Å². The second-order valence-electron chi connectivity index (χ2n) is 8.42. The third-order valence-electron chi connectivity index (χ3n) is 6.13. The number of nitrogens with zero attached hydrogens (tertiary/aromatic N) is 2. The quantitative estimate of drug-likeness (QED) is 0.231. The first-order valence-corrected chi connectivity index (χ1v) is 11.6. The third-order valence-corrected chi connectivity index (χ3v) is 6.13. The van der Waals surface area contributed by atoms with Crippen LogP contribution in [0.1, 0.15) is 41.0 Å². The Hall–Kier alpha value is -2.87. The molecule has 34 heavy (non-hydrogen) atoms. The van der Waals surface area contributed by atoms with Crippen molar-refractivity contribution in [2.24, 2.45) is 4.99 Å². The van der Waals surface area contributed by atoms with Crippen LogP contribution in [0.4, 0.5) is 0 Å². The molecule has 0 atom stereocenters. The number of benzene rings is 3. The minimum absolute atomic E-state index is 0. The number of halogens is 1. The zero-order valence-electron chi connectivity index (χ0n) is 19.6. The summed E-state index contributed by atoms with van der Waals surface area (Å²) < 4.78 is 0. The van der Waals surface area contributed by atoms with Crippen LogP contribution in [0.5, 0.6) is 0 Å². The van der Waals surface area contributed by atoms with Gasteiger partial charge in [-0.1, -0.05) is 84.9 Å². The number of aliphatic imine (C=N–C) groups is 1. The van der Waals surface area contributed by atoms with E-state index >= 15 is 0 Å². The Balaban J connectivity index is 0.00000324. The Labute approximate surface area is 219 Å². The Morgan fingerprint density at radius 1 is 0.882 bits per heavy atom. The summed E-state index contributed by atoms with van der Waals surface area (Å²) in [5, 5.41) is 6.91. The highest BCUT2D eigenvalue weighted by atomic mass is 127. The van der Waals surface area contributed by atoms with Gasteiger partial charge in [0.25, 0.3) is 0 Å². The van der Waals surface area contributed by atoms with Gasteiger partial charge in [0.2, 0.25) is 5.91 Å². The van der Waals surface area contributed by atoms with Gasteiger partial charge in [0.1, 0.15) is 0 Å². The Kier molecular flexibility index (Phi) is 9.94. The number of hydrogen-bond donors (Lipinski definition) is 2. The molecule has 0 aromatic heterocycles. The first-order valence-electron chi connectivity index (χ1n) is 11.6. The molecule has 0 spiro atoms. The molecule has 1 aliphatic heterocycles. The van der Waals surface area contributed by atoms with Crippen LogP contribution in [0.3, 0.4) is 0 Å². The van der Waals surface area contributed by atoms with Gasteiger partial charge in [0.15, 0.2) is 5.96 Å². The summed E-state index contributed by atoms with van der Waals surface area (Å²) in [7, 11) is 1.80. The van der Waals surface area contributed by atoms with E-state index in [4.69, 9.17) is 0 Å². The molecule has 1 fully saturated rings. The molecule has 3 aromatic rings. The van der Waals surface area contributed by atoms with Crippen molar-refractivity contribution >= 4 is 35.8 Å². The summed E-state index contributed by atoms with van der Waals surface area (Å²) in [6.07, 6.45) is 1.66. The molecule has 1 aliphatic rings. The zero-order valence-corrected chi connectivity index (χ0v) is 21.9. The number of guanidine groups is 1. The van der Waals surface area contributed by atoms with Gasteiger partial charge in [-0.2, -0.15) is 0 Å². The van der Waals surface area contributed by atoms with E-state index in [9.17, 15) is 4.79 Å². The second kappa shape index (κ2) is 13.1. The molecule has 4 rings (SSSR count). The summed E-state index contributed by atoms with van der Waals surface area (Å²) >= 11 is 0. The molecule has 0 saturated carbocycles. The lowest BCUT2D eigenvalue weighted by Gasteiger charge is -2.21. The van der Waals surface area contributed by atoms with Crippen LogP contribution in [0, 0.1) is 0 Å². The largest absolute Gasteiger partial charge is 0.355 e. The highest BCUT2D eigenvalue weighted by Gasteiger charge is 2.19. The molecule has 0 bridgehead atoms. The summed E-state index contributed by atoms with van der Waals surface area (Å²) in [5.74, 6) is 1.28. The average molecular weight is 569 g/mol. The fourth-order valence-corrected chi connectivity index (χ4v) is 4.26. The highest BCUT2D eigenvalue weighted by molar-refractivity contribution is 14.0. The monoisotopic (exact) mass is 568 g/mol. The van der Waals surface area contributed by atoms with Crippen molar-refractivity contribution in [3.8, 4) is 0 Å². The van der Waals surface area contributed by atoms with Gasteiger partial charge in [-0.15, -0.1) is 24.0 Å². The van der Waals surface area contributed by atoms with E-state index in [-0.39, 0.29) is 35.8 Å². The topological polar surface area (TPSA) is 56.7 Å². The maximum Gasteiger partial charge on any atom is 0.222 e. The third kappa shape index (κ3) is 7.06. The lowest BCUT2D eigenvalue weighted by molar-refractivity contribution is -0.128. The maximum atomic E-state index is 11.8. The smallest absolute Gasteiger partial charge is 0.222 e. The molecule has 178 valence electrons. The van der Waals surface area contributed by atoms with E-state index in [1.54, 1.807) is 7.05 Å². The van der Waals surface area contributed by atoms with Crippen LogP contribution in [-0.4, -0.2) is 36.9 Å². The molecule has 1 saturated heterocycles. The van der Waals surface area contributed by atoms with Crippen LogP contribution in [0.25, 0.3) is 0 Å². The van der Waals surface area contributed by atoms with Gasteiger partial charge in [-0.05, 0) is 28.7 Å². The van der Waals surface area contributed by atoms with E-state index in [1.165, 1.54) is 22.3 Å². The van der Waals surface area contributed by atoms with Gasteiger partial charge in [-0.3, -0.25) is 9.79 Å². The van der Waals surface area contributed by atoms with E-state index in [1.807, 2.05) is 17.0 Å². The standard InChI is InChI=1S/C28H32N4O.HI/c1-29-28(30-19-22-14-16-23(17-15-22)21-32-18-8-13-27(32)33)31-20-26(24-9-4-2-5-10-24)25-11-6-3-7-12-25;/h2-7,9-12,14-17,26H,8,13,18-21H2,1H3,(H2,29,30,31);1H. The van der Waals surface area contributed by atoms with E-state index in [0.717, 1.165) is 25.5 Å². The number of nitrogens with one attached hydrogen (secondary N) is 2. The molecule has 5 nitrogen and oxygen atoms in total. The summed E-state index contributed by atoms with van der Waals surface area (Å²) in [5.41, 5.74) is 4.90. The minimum Gasteiger partial charge on any atom is -0.355 e.